The first-order valence-electron chi connectivity index (χ1n) is 9.46. The van der Waals surface area contributed by atoms with E-state index in [2.05, 4.69) is 15.1 Å². The molecule has 2 heterocycles. The van der Waals surface area contributed by atoms with E-state index in [1.54, 1.807) is 30.5 Å². The van der Waals surface area contributed by atoms with Crippen molar-refractivity contribution in [3.63, 3.8) is 0 Å². The Hall–Kier alpha value is -2.65. The first-order chi connectivity index (χ1) is 13.9. The summed E-state index contributed by atoms with van der Waals surface area (Å²) in [5.41, 5.74) is 1.51. The summed E-state index contributed by atoms with van der Waals surface area (Å²) in [5, 5.41) is 9.22. The number of hydrogen-bond acceptors (Lipinski definition) is 5. The van der Waals surface area contributed by atoms with Gasteiger partial charge in [-0.15, -0.1) is 11.3 Å². The van der Waals surface area contributed by atoms with Crippen LogP contribution in [0.5, 0.6) is 0 Å². The molecule has 0 saturated heterocycles. The van der Waals surface area contributed by atoms with Crippen molar-refractivity contribution in [3.8, 4) is 10.6 Å². The second-order valence-corrected chi connectivity index (χ2v) is 9.70. The molecular formula is C20H22N4O3S2. The van der Waals surface area contributed by atoms with Crippen molar-refractivity contribution >= 4 is 38.6 Å². The molecule has 0 atom stereocenters. The van der Waals surface area contributed by atoms with Gasteiger partial charge in [0.15, 0.2) is 0 Å². The Balaban J connectivity index is 1.65. The molecule has 0 unspecified atom stereocenters. The topological polar surface area (TPSA) is 93.1 Å². The lowest BCUT2D eigenvalue weighted by molar-refractivity contribution is -0.114. The fraction of sp³-hybridized carbons (Fsp3) is 0.300. The smallest absolute Gasteiger partial charge is 0.265 e. The van der Waals surface area contributed by atoms with Crippen molar-refractivity contribution in [1.82, 2.24) is 9.78 Å². The number of carbonyl (C=O) groups excluding carboxylic acids is 1. The number of aromatic nitrogens is 2. The first kappa shape index (κ1) is 19.7. The average molecular weight is 431 g/mol. The maximum atomic E-state index is 13.2. The molecule has 3 aromatic rings. The van der Waals surface area contributed by atoms with E-state index < -0.39 is 10.0 Å². The number of anilines is 2. The maximum absolute atomic E-state index is 13.2. The van der Waals surface area contributed by atoms with Crippen LogP contribution < -0.4 is 10.0 Å². The average Bonchev–Trinajstić information content (AvgIpc) is 3.42. The molecule has 1 saturated carbocycles. The normalized spacial score (nSPS) is 14.8. The fourth-order valence-corrected chi connectivity index (χ4v) is 5.54. The van der Waals surface area contributed by atoms with Gasteiger partial charge in [0.25, 0.3) is 10.0 Å². The minimum atomic E-state index is -3.83. The summed E-state index contributed by atoms with van der Waals surface area (Å²) < 4.78 is 30.8. The minimum Gasteiger partial charge on any atom is -0.326 e. The number of rotatable bonds is 6. The molecule has 2 N–H and O–H groups in total. The molecule has 152 valence electrons. The van der Waals surface area contributed by atoms with Crippen LogP contribution in [-0.2, 0) is 14.8 Å². The number of carbonyl (C=O) groups is 1. The van der Waals surface area contributed by atoms with E-state index in [4.69, 9.17) is 0 Å². The highest BCUT2D eigenvalue weighted by Gasteiger charge is 2.27. The van der Waals surface area contributed by atoms with Gasteiger partial charge in [0.1, 0.15) is 10.6 Å². The second kappa shape index (κ2) is 8.00. The lowest BCUT2D eigenvalue weighted by atomic mass is 10.3. The van der Waals surface area contributed by atoms with E-state index in [1.807, 2.05) is 22.2 Å². The summed E-state index contributed by atoms with van der Waals surface area (Å²) in [5.74, 6) is -0.182. The zero-order valence-corrected chi connectivity index (χ0v) is 17.6. The van der Waals surface area contributed by atoms with E-state index in [9.17, 15) is 13.2 Å². The minimum absolute atomic E-state index is 0.179. The van der Waals surface area contributed by atoms with Crippen LogP contribution in [0.1, 0.15) is 38.6 Å². The Morgan fingerprint density at radius 1 is 1.14 bits per heavy atom. The van der Waals surface area contributed by atoms with Crippen LogP contribution in [0.4, 0.5) is 11.4 Å². The van der Waals surface area contributed by atoms with Crippen molar-refractivity contribution < 1.29 is 13.2 Å². The Morgan fingerprint density at radius 2 is 1.83 bits per heavy atom. The van der Waals surface area contributed by atoms with Crippen LogP contribution in [0, 0.1) is 0 Å². The molecule has 0 spiro atoms. The number of sulfonamides is 1. The molecule has 9 heteroatoms. The van der Waals surface area contributed by atoms with E-state index in [0.29, 0.717) is 17.1 Å². The summed E-state index contributed by atoms with van der Waals surface area (Å²) >= 11 is 1.47. The Morgan fingerprint density at radius 3 is 2.45 bits per heavy atom. The van der Waals surface area contributed by atoms with Crippen LogP contribution in [0.15, 0.2) is 52.9 Å². The van der Waals surface area contributed by atoms with Crippen molar-refractivity contribution in [2.45, 2.75) is 43.5 Å². The third-order valence-electron chi connectivity index (χ3n) is 4.90. The van der Waals surface area contributed by atoms with E-state index in [0.717, 1.165) is 30.6 Å². The van der Waals surface area contributed by atoms with Crippen LogP contribution in [0.3, 0.4) is 0 Å². The molecule has 1 aromatic carbocycles. The van der Waals surface area contributed by atoms with Crippen LogP contribution >= 0.6 is 11.3 Å². The SMILES string of the molecule is CC(=O)Nc1ccc(NS(=O)(=O)c2cn(C3CCCC3)nc2-c2cccs2)cc1. The summed E-state index contributed by atoms with van der Waals surface area (Å²) in [6.07, 6.45) is 5.96. The number of nitrogens with one attached hydrogen (secondary N) is 2. The molecule has 2 aromatic heterocycles. The Bertz CT molecular complexity index is 1100. The van der Waals surface area contributed by atoms with E-state index in [-0.39, 0.29) is 16.8 Å². The summed E-state index contributed by atoms with van der Waals surface area (Å²) in [6.45, 7) is 1.42. The van der Waals surface area contributed by atoms with Gasteiger partial charge in [0, 0.05) is 24.5 Å². The molecule has 29 heavy (non-hydrogen) atoms. The zero-order valence-electron chi connectivity index (χ0n) is 16.0. The number of amides is 1. The molecule has 1 aliphatic carbocycles. The van der Waals surface area contributed by atoms with Gasteiger partial charge in [-0.25, -0.2) is 8.42 Å². The fourth-order valence-electron chi connectivity index (χ4n) is 3.55. The quantitative estimate of drug-likeness (QED) is 0.603. The first-order valence-corrected chi connectivity index (χ1v) is 11.8. The largest absolute Gasteiger partial charge is 0.326 e. The van der Waals surface area contributed by atoms with Gasteiger partial charge in [-0.3, -0.25) is 14.2 Å². The molecular weight excluding hydrogens is 408 g/mol. The molecule has 1 aliphatic rings. The third-order valence-corrected chi connectivity index (χ3v) is 7.16. The number of hydrogen-bond donors (Lipinski definition) is 2. The third kappa shape index (κ3) is 4.35. The Kier molecular flexibility index (Phi) is 5.42. The lowest BCUT2D eigenvalue weighted by Crippen LogP contribution is -2.13. The Labute approximate surface area is 173 Å². The standard InChI is InChI=1S/C20H22N4O3S2/c1-14(25)21-15-8-10-16(11-9-15)23-29(26,27)19-13-24(17-5-2-3-6-17)22-20(19)18-7-4-12-28-18/h4,7-13,17,23H,2-3,5-6H2,1H3,(H,21,25). The highest BCUT2D eigenvalue weighted by atomic mass is 32.2. The van der Waals surface area contributed by atoms with Crippen LogP contribution in [0.25, 0.3) is 10.6 Å². The van der Waals surface area contributed by atoms with Crippen molar-refractivity contribution in [3.05, 3.63) is 48.0 Å². The molecule has 0 aliphatic heterocycles. The lowest BCUT2D eigenvalue weighted by Gasteiger charge is -2.09. The molecule has 1 fully saturated rings. The molecule has 4 rings (SSSR count). The van der Waals surface area contributed by atoms with Gasteiger partial charge in [-0.1, -0.05) is 18.9 Å². The van der Waals surface area contributed by atoms with E-state index in [1.165, 1.54) is 18.3 Å². The summed E-state index contributed by atoms with van der Waals surface area (Å²) in [4.78, 5) is 12.1. The van der Waals surface area contributed by atoms with Gasteiger partial charge in [-0.2, -0.15) is 5.10 Å². The summed E-state index contributed by atoms with van der Waals surface area (Å²) in [7, 11) is -3.83. The molecule has 0 radical (unpaired) electrons. The highest BCUT2D eigenvalue weighted by molar-refractivity contribution is 7.92. The second-order valence-electron chi connectivity index (χ2n) is 7.10. The van der Waals surface area contributed by atoms with Crippen molar-refractivity contribution in [2.75, 3.05) is 10.0 Å². The van der Waals surface area contributed by atoms with Crippen LogP contribution in [-0.4, -0.2) is 24.1 Å². The summed E-state index contributed by atoms with van der Waals surface area (Å²) in [6, 6.07) is 10.6. The van der Waals surface area contributed by atoms with Crippen molar-refractivity contribution in [1.29, 1.82) is 0 Å². The molecule has 1 amide bonds. The van der Waals surface area contributed by atoms with Crippen LogP contribution in [0.2, 0.25) is 0 Å². The van der Waals surface area contributed by atoms with Crippen molar-refractivity contribution in [2.24, 2.45) is 0 Å². The monoisotopic (exact) mass is 430 g/mol. The van der Waals surface area contributed by atoms with Gasteiger partial charge >= 0.3 is 0 Å². The van der Waals surface area contributed by atoms with Gasteiger partial charge in [0.05, 0.1) is 10.9 Å². The van der Waals surface area contributed by atoms with Gasteiger partial charge in [0.2, 0.25) is 5.91 Å². The highest BCUT2D eigenvalue weighted by Crippen LogP contribution is 2.35. The number of benzene rings is 1. The molecule has 0 bridgehead atoms. The number of nitrogens with zero attached hydrogens (tertiary/aromatic N) is 2. The predicted molar refractivity (Wildman–Crippen MR) is 115 cm³/mol. The zero-order chi connectivity index (χ0) is 20.4. The van der Waals surface area contributed by atoms with E-state index >= 15 is 0 Å². The van der Waals surface area contributed by atoms with Gasteiger partial charge in [-0.05, 0) is 48.6 Å². The van der Waals surface area contributed by atoms with Gasteiger partial charge < -0.3 is 5.32 Å². The predicted octanol–water partition coefficient (Wildman–Crippen LogP) is 4.49. The molecule has 7 nitrogen and oxygen atoms in total. The maximum Gasteiger partial charge on any atom is 0.265 e. The number of thiophene rings is 1.